The van der Waals surface area contributed by atoms with Crippen molar-refractivity contribution in [2.75, 3.05) is 27.3 Å². The third-order valence-electron chi connectivity index (χ3n) is 11.4. The van der Waals surface area contributed by atoms with Crippen molar-refractivity contribution in [1.29, 1.82) is 0 Å². The van der Waals surface area contributed by atoms with Crippen LogP contribution in [0.5, 0.6) is 0 Å². The first-order valence-electron chi connectivity index (χ1n) is 18.8. The number of benzene rings is 2. The molecule has 0 bridgehead atoms. The number of hydrogen-bond donors (Lipinski definition) is 2. The molecule has 278 valence electrons. The second-order valence-corrected chi connectivity index (χ2v) is 14.6. The maximum absolute atomic E-state index is 13.7. The summed E-state index contributed by atoms with van der Waals surface area (Å²) < 4.78 is 9.55. The Morgan fingerprint density at radius 3 is 2.19 bits per heavy atom. The molecular formula is C41H48N6O6. The van der Waals surface area contributed by atoms with Crippen molar-refractivity contribution in [3.8, 4) is 22.4 Å². The minimum Gasteiger partial charge on any atom is -0.469 e. The zero-order valence-corrected chi connectivity index (χ0v) is 30.7. The number of esters is 1. The number of aromatic nitrogens is 2. The molecule has 4 heterocycles. The fourth-order valence-corrected chi connectivity index (χ4v) is 8.45. The highest BCUT2D eigenvalue weighted by molar-refractivity contribution is 6.03. The summed E-state index contributed by atoms with van der Waals surface area (Å²) in [5.41, 5.74) is 7.37. The van der Waals surface area contributed by atoms with E-state index in [-0.39, 0.29) is 48.2 Å². The SMILES string of the molecule is COC(=O)C[C@@H](C)C(=O)N1CCC[C@H]1c1ncc(-c2ccc(-c3ccc(C4=CN=C([C@@H]5CCCN5C(=O)[C@@H]5CCC[C@H]5NC(=O)OC)C4)cc3)cc2)[nH]1. The Labute approximate surface area is 310 Å². The quantitative estimate of drug-likeness (QED) is 0.234. The summed E-state index contributed by atoms with van der Waals surface area (Å²) in [4.78, 5) is 67.2. The molecule has 3 aromatic rings. The monoisotopic (exact) mass is 720 g/mol. The second kappa shape index (κ2) is 15.8. The van der Waals surface area contributed by atoms with E-state index in [0.29, 0.717) is 19.5 Å². The maximum atomic E-state index is 13.7. The highest BCUT2D eigenvalue weighted by atomic mass is 16.5. The standard InChI is InChI=1S/C41H48N6O6/c1-25(21-37(48)52-2)39(49)47-20-6-10-36(47)38-43-24-34(44-38)29-17-15-27(16-18-29)26-11-13-28(14-12-26)30-22-33(42-23-30)35-9-5-19-46(35)40(50)31-7-4-8-32(31)45-41(51)53-3/h11-18,23-25,31-32,35-36H,4-10,19-22H2,1-3H3,(H,43,44)(H,45,51)/t25-,31-,32-,35+,36+/m1/s1. The first-order valence-corrected chi connectivity index (χ1v) is 18.8. The zero-order valence-electron chi connectivity index (χ0n) is 30.7. The normalized spacial score (nSPS) is 23.1. The van der Waals surface area contributed by atoms with Gasteiger partial charge in [0.25, 0.3) is 0 Å². The van der Waals surface area contributed by atoms with Gasteiger partial charge in [0.15, 0.2) is 0 Å². The first-order chi connectivity index (χ1) is 25.7. The second-order valence-electron chi connectivity index (χ2n) is 14.6. The molecule has 1 aliphatic carbocycles. The number of H-pyrrole nitrogens is 1. The Hall–Kier alpha value is -5.26. The third-order valence-corrected chi connectivity index (χ3v) is 11.4. The lowest BCUT2D eigenvalue weighted by Gasteiger charge is -2.30. The molecule has 5 atom stereocenters. The van der Waals surface area contributed by atoms with Gasteiger partial charge in [-0.15, -0.1) is 0 Å². The highest BCUT2D eigenvalue weighted by Gasteiger charge is 2.42. The van der Waals surface area contributed by atoms with Crippen LogP contribution in [-0.4, -0.2) is 88.7 Å². The van der Waals surface area contributed by atoms with Crippen LogP contribution in [0.4, 0.5) is 4.79 Å². The van der Waals surface area contributed by atoms with Crippen molar-refractivity contribution in [3.05, 3.63) is 72.3 Å². The predicted octanol–water partition coefficient (Wildman–Crippen LogP) is 6.31. The van der Waals surface area contributed by atoms with Gasteiger partial charge in [0.1, 0.15) is 5.82 Å². The van der Waals surface area contributed by atoms with Crippen LogP contribution in [0, 0.1) is 11.8 Å². The van der Waals surface area contributed by atoms with Crippen molar-refractivity contribution in [3.63, 3.8) is 0 Å². The molecule has 0 unspecified atom stereocenters. The molecular weight excluding hydrogens is 672 g/mol. The Morgan fingerprint density at radius 1 is 0.830 bits per heavy atom. The van der Waals surface area contributed by atoms with Gasteiger partial charge in [0, 0.05) is 43.4 Å². The summed E-state index contributed by atoms with van der Waals surface area (Å²) >= 11 is 0. The molecule has 12 heteroatoms. The number of likely N-dealkylation sites (tertiary alicyclic amines) is 2. The summed E-state index contributed by atoms with van der Waals surface area (Å²) in [5, 5.41) is 2.87. The number of ether oxygens (including phenoxy) is 2. The Kier molecular flexibility index (Phi) is 10.7. The number of aliphatic imine (C=N–C) groups is 1. The van der Waals surface area contributed by atoms with Gasteiger partial charge in [0.2, 0.25) is 11.8 Å². The zero-order chi connectivity index (χ0) is 37.1. The van der Waals surface area contributed by atoms with Gasteiger partial charge in [-0.05, 0) is 66.4 Å². The number of carbonyl (C=O) groups is 4. The molecule has 0 radical (unpaired) electrons. The molecule has 53 heavy (non-hydrogen) atoms. The maximum Gasteiger partial charge on any atom is 0.407 e. The number of carbonyl (C=O) groups excluding carboxylic acids is 4. The number of imidazole rings is 1. The number of amides is 3. The van der Waals surface area contributed by atoms with Gasteiger partial charge >= 0.3 is 12.1 Å². The van der Waals surface area contributed by atoms with Gasteiger partial charge in [0.05, 0.1) is 50.5 Å². The predicted molar refractivity (Wildman–Crippen MR) is 200 cm³/mol. The van der Waals surface area contributed by atoms with Crippen LogP contribution in [0.15, 0.2) is 65.9 Å². The molecule has 3 fully saturated rings. The van der Waals surface area contributed by atoms with E-state index in [2.05, 4.69) is 63.8 Å². The van der Waals surface area contributed by atoms with E-state index < -0.39 is 12.0 Å². The lowest BCUT2D eigenvalue weighted by atomic mass is 9.95. The van der Waals surface area contributed by atoms with E-state index in [1.54, 1.807) is 6.92 Å². The molecule has 2 saturated heterocycles. The van der Waals surface area contributed by atoms with Crippen LogP contribution >= 0.6 is 0 Å². The molecule has 2 N–H and O–H groups in total. The molecule has 1 aromatic heterocycles. The van der Waals surface area contributed by atoms with E-state index in [1.165, 1.54) is 14.2 Å². The number of methoxy groups -OCH3 is 2. The number of allylic oxidation sites excluding steroid dienone is 1. The molecule has 2 aromatic carbocycles. The summed E-state index contributed by atoms with van der Waals surface area (Å²) in [6.45, 7) is 3.13. The van der Waals surface area contributed by atoms with Crippen LogP contribution < -0.4 is 5.32 Å². The van der Waals surface area contributed by atoms with Gasteiger partial charge in [-0.2, -0.15) is 0 Å². The fourth-order valence-electron chi connectivity index (χ4n) is 8.45. The van der Waals surface area contributed by atoms with Crippen LogP contribution in [0.25, 0.3) is 28.0 Å². The molecule has 1 saturated carbocycles. The van der Waals surface area contributed by atoms with Gasteiger partial charge in [-0.1, -0.05) is 61.9 Å². The van der Waals surface area contributed by atoms with E-state index >= 15 is 0 Å². The van der Waals surface area contributed by atoms with Crippen molar-refractivity contribution < 1.29 is 28.7 Å². The topological polar surface area (TPSA) is 146 Å². The van der Waals surface area contributed by atoms with Crippen molar-refractivity contribution in [2.24, 2.45) is 16.8 Å². The Morgan fingerprint density at radius 2 is 1.49 bits per heavy atom. The largest absolute Gasteiger partial charge is 0.469 e. The number of hydrogen-bond acceptors (Lipinski definition) is 8. The summed E-state index contributed by atoms with van der Waals surface area (Å²) in [5.74, 6) is -0.244. The Balaban J connectivity index is 0.952. The molecule has 4 aliphatic rings. The molecule has 3 aliphatic heterocycles. The number of aromatic amines is 1. The lowest BCUT2D eigenvalue weighted by molar-refractivity contribution is -0.146. The first kappa shape index (κ1) is 36.1. The van der Waals surface area contributed by atoms with E-state index in [0.717, 1.165) is 90.0 Å². The van der Waals surface area contributed by atoms with Crippen LogP contribution in [0.3, 0.4) is 0 Å². The van der Waals surface area contributed by atoms with Crippen molar-refractivity contribution in [1.82, 2.24) is 25.1 Å². The van der Waals surface area contributed by atoms with E-state index in [1.807, 2.05) is 22.2 Å². The van der Waals surface area contributed by atoms with E-state index in [4.69, 9.17) is 14.5 Å². The smallest absolute Gasteiger partial charge is 0.407 e. The van der Waals surface area contributed by atoms with Crippen LogP contribution in [0.1, 0.15) is 82.1 Å². The molecule has 3 amide bonds. The highest BCUT2D eigenvalue weighted by Crippen LogP contribution is 2.36. The summed E-state index contributed by atoms with van der Waals surface area (Å²) in [6, 6.07) is 16.5. The van der Waals surface area contributed by atoms with E-state index in [9.17, 15) is 19.2 Å². The van der Waals surface area contributed by atoms with Gasteiger partial charge < -0.3 is 29.6 Å². The number of rotatable bonds is 10. The van der Waals surface area contributed by atoms with Gasteiger partial charge in [-0.25, -0.2) is 9.78 Å². The number of nitrogens with one attached hydrogen (secondary N) is 2. The minimum absolute atomic E-state index is 0.0132. The average molecular weight is 721 g/mol. The van der Waals surface area contributed by atoms with Gasteiger partial charge in [-0.3, -0.25) is 19.4 Å². The minimum atomic E-state index is -0.485. The Bertz CT molecular complexity index is 1900. The van der Waals surface area contributed by atoms with Crippen molar-refractivity contribution in [2.45, 2.75) is 82.8 Å². The summed E-state index contributed by atoms with van der Waals surface area (Å²) in [7, 11) is 2.68. The lowest BCUT2D eigenvalue weighted by Crippen LogP contribution is -2.48. The van der Waals surface area contributed by atoms with Crippen molar-refractivity contribution >= 4 is 35.2 Å². The fraction of sp³-hybridized carbons (Fsp3) is 0.463. The summed E-state index contributed by atoms with van der Waals surface area (Å²) in [6.07, 6.45) is 10.1. The van der Waals surface area contributed by atoms with Crippen LogP contribution in [0.2, 0.25) is 0 Å². The van der Waals surface area contributed by atoms with Crippen LogP contribution in [-0.2, 0) is 23.9 Å². The molecule has 0 spiro atoms. The number of alkyl carbamates (subject to hydrolysis) is 1. The third kappa shape index (κ3) is 7.63. The molecule has 12 nitrogen and oxygen atoms in total. The average Bonchev–Trinajstić information content (AvgIpc) is 4.04. The number of nitrogens with zero attached hydrogens (tertiary/aromatic N) is 4. The molecule has 7 rings (SSSR count).